The summed E-state index contributed by atoms with van der Waals surface area (Å²) in [4.78, 5) is 29.7. The standard InChI is InChI=1S/C25H32N2O2S/c1-16-9-5-6-10-18(16)22(28)26-23-21(24(29)27-13-7-8-14-27)19-12-11-17(25(2,3)4)15-20(19)30-23/h5-6,9-10,17H,7-8,11-15H2,1-4H3,(H,26,28). The predicted octanol–water partition coefficient (Wildman–Crippen LogP) is 5.70. The predicted molar refractivity (Wildman–Crippen MR) is 124 cm³/mol. The molecule has 4 nitrogen and oxygen atoms in total. The fourth-order valence-corrected chi connectivity index (χ4v) is 6.03. The number of likely N-dealkylation sites (tertiary alicyclic amines) is 1. The zero-order chi connectivity index (χ0) is 21.5. The molecule has 1 aliphatic carbocycles. The van der Waals surface area contributed by atoms with Crippen LogP contribution in [-0.4, -0.2) is 29.8 Å². The molecule has 30 heavy (non-hydrogen) atoms. The third-order valence-corrected chi connectivity index (χ3v) is 7.88. The molecule has 1 unspecified atom stereocenters. The van der Waals surface area contributed by atoms with Crippen molar-refractivity contribution < 1.29 is 9.59 Å². The van der Waals surface area contributed by atoms with E-state index in [0.717, 1.165) is 61.3 Å². The highest BCUT2D eigenvalue weighted by atomic mass is 32.1. The number of nitrogens with one attached hydrogen (secondary N) is 1. The molecule has 1 aliphatic heterocycles. The van der Waals surface area contributed by atoms with Crippen LogP contribution in [0.4, 0.5) is 5.00 Å². The molecule has 1 aromatic heterocycles. The molecule has 1 N–H and O–H groups in total. The lowest BCUT2D eigenvalue weighted by Crippen LogP contribution is -2.30. The third-order valence-electron chi connectivity index (χ3n) is 6.71. The summed E-state index contributed by atoms with van der Waals surface area (Å²) >= 11 is 1.62. The summed E-state index contributed by atoms with van der Waals surface area (Å²) in [5.41, 5.74) is 3.78. The monoisotopic (exact) mass is 424 g/mol. The van der Waals surface area contributed by atoms with Crippen LogP contribution in [0.1, 0.15) is 76.8 Å². The minimum Gasteiger partial charge on any atom is -0.339 e. The molecule has 2 amide bonds. The zero-order valence-corrected chi connectivity index (χ0v) is 19.3. The van der Waals surface area contributed by atoms with E-state index in [9.17, 15) is 9.59 Å². The first kappa shape index (κ1) is 21.1. The van der Waals surface area contributed by atoms with Gasteiger partial charge in [0.2, 0.25) is 0 Å². The van der Waals surface area contributed by atoms with E-state index in [1.165, 1.54) is 10.4 Å². The Balaban J connectivity index is 1.70. The lowest BCUT2D eigenvalue weighted by molar-refractivity contribution is 0.0792. The first-order chi connectivity index (χ1) is 14.3. The summed E-state index contributed by atoms with van der Waals surface area (Å²) in [6.45, 7) is 10.5. The maximum Gasteiger partial charge on any atom is 0.257 e. The topological polar surface area (TPSA) is 49.4 Å². The van der Waals surface area contributed by atoms with Crippen molar-refractivity contribution in [3.8, 4) is 0 Å². The summed E-state index contributed by atoms with van der Waals surface area (Å²) in [5.74, 6) is 0.562. The van der Waals surface area contributed by atoms with Crippen molar-refractivity contribution in [1.82, 2.24) is 4.90 Å². The summed E-state index contributed by atoms with van der Waals surface area (Å²) < 4.78 is 0. The normalized spacial score (nSPS) is 18.9. The van der Waals surface area contributed by atoms with Crippen molar-refractivity contribution in [3.05, 3.63) is 51.4 Å². The fraction of sp³-hybridized carbons (Fsp3) is 0.520. The second-order valence-corrected chi connectivity index (χ2v) is 10.9. The Morgan fingerprint density at radius 2 is 1.83 bits per heavy atom. The molecule has 1 fully saturated rings. The Morgan fingerprint density at radius 1 is 1.13 bits per heavy atom. The van der Waals surface area contributed by atoms with E-state index >= 15 is 0 Å². The fourth-order valence-electron chi connectivity index (χ4n) is 4.72. The van der Waals surface area contributed by atoms with E-state index in [1.54, 1.807) is 11.3 Å². The first-order valence-electron chi connectivity index (χ1n) is 11.1. The van der Waals surface area contributed by atoms with Crippen LogP contribution in [-0.2, 0) is 12.8 Å². The van der Waals surface area contributed by atoms with Gasteiger partial charge in [0.05, 0.1) is 5.56 Å². The Kier molecular flexibility index (Phi) is 5.75. The van der Waals surface area contributed by atoms with Gasteiger partial charge in [0.15, 0.2) is 0 Å². The second kappa shape index (κ2) is 8.18. The number of rotatable bonds is 3. The highest BCUT2D eigenvalue weighted by Gasteiger charge is 2.35. The lowest BCUT2D eigenvalue weighted by Gasteiger charge is -2.34. The van der Waals surface area contributed by atoms with Crippen LogP contribution in [0.25, 0.3) is 0 Å². The van der Waals surface area contributed by atoms with Crippen molar-refractivity contribution in [2.45, 2.75) is 59.8 Å². The molecule has 4 rings (SSSR count). The van der Waals surface area contributed by atoms with E-state index in [0.29, 0.717) is 11.5 Å². The maximum atomic E-state index is 13.4. The number of nitrogens with zero attached hydrogens (tertiary/aromatic N) is 1. The van der Waals surface area contributed by atoms with Crippen molar-refractivity contribution in [2.75, 3.05) is 18.4 Å². The summed E-state index contributed by atoms with van der Waals surface area (Å²) in [7, 11) is 0. The number of carbonyl (C=O) groups excluding carboxylic acids is 2. The van der Waals surface area contributed by atoms with Gasteiger partial charge in [-0.05, 0) is 67.6 Å². The molecule has 160 valence electrons. The van der Waals surface area contributed by atoms with Crippen molar-refractivity contribution in [1.29, 1.82) is 0 Å². The number of hydrogen-bond acceptors (Lipinski definition) is 3. The minimum atomic E-state index is -0.130. The molecule has 5 heteroatoms. The van der Waals surface area contributed by atoms with E-state index < -0.39 is 0 Å². The summed E-state index contributed by atoms with van der Waals surface area (Å²) in [5, 5.41) is 3.85. The zero-order valence-electron chi connectivity index (χ0n) is 18.5. The number of thiophene rings is 1. The molecule has 1 atom stereocenters. The van der Waals surface area contributed by atoms with Gasteiger partial charge in [-0.25, -0.2) is 0 Å². The average molecular weight is 425 g/mol. The molecule has 1 aromatic carbocycles. The van der Waals surface area contributed by atoms with Crippen LogP contribution in [0.2, 0.25) is 0 Å². The molecule has 0 saturated carbocycles. The van der Waals surface area contributed by atoms with Crippen LogP contribution in [0.15, 0.2) is 24.3 Å². The minimum absolute atomic E-state index is 0.0966. The third kappa shape index (κ3) is 4.04. The van der Waals surface area contributed by atoms with E-state index in [-0.39, 0.29) is 17.2 Å². The average Bonchev–Trinajstić information content (AvgIpc) is 3.34. The first-order valence-corrected chi connectivity index (χ1v) is 11.9. The van der Waals surface area contributed by atoms with Gasteiger partial charge in [0.25, 0.3) is 11.8 Å². The SMILES string of the molecule is Cc1ccccc1C(=O)Nc1sc2c(c1C(=O)N1CCCC1)CCC(C(C)(C)C)C2. The summed E-state index contributed by atoms with van der Waals surface area (Å²) in [6.07, 6.45) is 5.13. The Hall–Kier alpha value is -2.14. The molecule has 2 aliphatic rings. The molecule has 2 heterocycles. The Labute approximate surface area is 183 Å². The van der Waals surface area contributed by atoms with Gasteiger partial charge in [-0.15, -0.1) is 11.3 Å². The number of benzene rings is 1. The van der Waals surface area contributed by atoms with Crippen LogP contribution in [0.5, 0.6) is 0 Å². The highest BCUT2D eigenvalue weighted by molar-refractivity contribution is 7.17. The second-order valence-electron chi connectivity index (χ2n) is 9.78. The Bertz CT molecular complexity index is 964. The summed E-state index contributed by atoms with van der Waals surface area (Å²) in [6, 6.07) is 7.60. The van der Waals surface area contributed by atoms with E-state index in [4.69, 9.17) is 0 Å². The molecule has 1 saturated heterocycles. The van der Waals surface area contributed by atoms with Crippen LogP contribution in [0, 0.1) is 18.3 Å². The maximum absolute atomic E-state index is 13.4. The molecule has 0 bridgehead atoms. The van der Waals surface area contributed by atoms with Gasteiger partial charge in [0, 0.05) is 23.5 Å². The number of amides is 2. The number of aryl methyl sites for hydroxylation is 1. The van der Waals surface area contributed by atoms with E-state index in [2.05, 4.69) is 26.1 Å². The molecule has 0 spiro atoms. The molecular weight excluding hydrogens is 392 g/mol. The molecular formula is C25H32N2O2S. The molecule has 0 radical (unpaired) electrons. The number of anilines is 1. The van der Waals surface area contributed by atoms with Crippen molar-refractivity contribution in [2.24, 2.45) is 11.3 Å². The number of carbonyl (C=O) groups is 2. The van der Waals surface area contributed by atoms with Crippen molar-refractivity contribution in [3.63, 3.8) is 0 Å². The van der Waals surface area contributed by atoms with Crippen LogP contribution in [0.3, 0.4) is 0 Å². The van der Waals surface area contributed by atoms with Crippen LogP contribution < -0.4 is 5.32 Å². The highest BCUT2D eigenvalue weighted by Crippen LogP contribution is 2.45. The largest absolute Gasteiger partial charge is 0.339 e. The van der Waals surface area contributed by atoms with Crippen molar-refractivity contribution >= 4 is 28.2 Å². The Morgan fingerprint density at radius 3 is 2.50 bits per heavy atom. The smallest absolute Gasteiger partial charge is 0.257 e. The lowest BCUT2D eigenvalue weighted by atomic mass is 9.72. The van der Waals surface area contributed by atoms with Gasteiger partial charge < -0.3 is 10.2 Å². The number of fused-ring (bicyclic) bond motifs is 1. The van der Waals surface area contributed by atoms with E-state index in [1.807, 2.05) is 36.1 Å². The van der Waals surface area contributed by atoms with Crippen LogP contribution >= 0.6 is 11.3 Å². The van der Waals surface area contributed by atoms with Gasteiger partial charge in [-0.1, -0.05) is 39.0 Å². The number of hydrogen-bond donors (Lipinski definition) is 1. The van der Waals surface area contributed by atoms with Gasteiger partial charge in [-0.2, -0.15) is 0 Å². The van der Waals surface area contributed by atoms with Gasteiger partial charge in [-0.3, -0.25) is 9.59 Å². The van der Waals surface area contributed by atoms with Gasteiger partial charge >= 0.3 is 0 Å². The quantitative estimate of drug-likeness (QED) is 0.687. The van der Waals surface area contributed by atoms with Gasteiger partial charge in [0.1, 0.15) is 5.00 Å². The molecule has 2 aromatic rings.